The quantitative estimate of drug-likeness (QED) is 0.584. The Kier molecular flexibility index (Phi) is 7.99. The molecule has 0 radical (unpaired) electrons. The number of carbonyl (C=O) groups is 1. The summed E-state index contributed by atoms with van der Waals surface area (Å²) in [5.41, 5.74) is -0.433. The first-order valence-electron chi connectivity index (χ1n) is 9.63. The number of hydrogen-bond donors (Lipinski definition) is 2. The van der Waals surface area contributed by atoms with Crippen LogP contribution in [0.25, 0.3) is 11.0 Å². The second kappa shape index (κ2) is 10.1. The van der Waals surface area contributed by atoms with Crippen LogP contribution in [0.2, 0.25) is 0 Å². The van der Waals surface area contributed by atoms with Crippen LogP contribution >= 0.6 is 24.8 Å². The van der Waals surface area contributed by atoms with Crippen molar-refractivity contribution in [2.45, 2.75) is 25.9 Å². The lowest BCUT2D eigenvalue weighted by atomic mass is 10.1. The minimum atomic E-state index is -0.541. The number of fused-ring (bicyclic) bond motifs is 1. The predicted octanol–water partition coefficient (Wildman–Crippen LogP) is 0.859. The maximum absolute atomic E-state index is 13.3. The van der Waals surface area contributed by atoms with Gasteiger partial charge in [0.1, 0.15) is 17.5 Å². The van der Waals surface area contributed by atoms with Crippen LogP contribution < -0.4 is 16.6 Å². The highest BCUT2D eigenvalue weighted by atomic mass is 35.5. The number of H-pyrrole nitrogens is 1. The third-order valence-corrected chi connectivity index (χ3v) is 5.19. The van der Waals surface area contributed by atoms with E-state index in [0.29, 0.717) is 31.7 Å². The third-order valence-electron chi connectivity index (χ3n) is 5.19. The Balaban J connectivity index is 0.00000171. The number of carbonyl (C=O) groups excluding carboxylic acids is 1. The molecule has 1 aliphatic heterocycles. The monoisotopic (exact) mass is 469 g/mol. The topological polar surface area (TPSA) is 118 Å². The first-order chi connectivity index (χ1) is 14.0. The molecule has 1 amide bonds. The zero-order valence-corrected chi connectivity index (χ0v) is 18.8. The molecule has 1 atom stereocenters. The predicted molar refractivity (Wildman–Crippen MR) is 121 cm³/mol. The molecule has 1 saturated heterocycles. The standard InChI is InChI=1S/C19H23N7O3.2ClH/c1-3-6-26-15-13(17(27)23-19(26)29)9-12(10-22-15)18(28)25-8-4-20-11-14(25)16-21-5-7-24(16)2;;/h5,7,9-10,14,20H,3-4,6,8,11H2,1-2H3,(H,23,27,29);2*1H. The molecular weight excluding hydrogens is 445 g/mol. The summed E-state index contributed by atoms with van der Waals surface area (Å²) < 4.78 is 3.32. The molecule has 3 aromatic rings. The summed E-state index contributed by atoms with van der Waals surface area (Å²) in [6, 6.07) is 1.30. The summed E-state index contributed by atoms with van der Waals surface area (Å²) in [5.74, 6) is 0.565. The molecule has 0 aliphatic carbocycles. The maximum Gasteiger partial charge on any atom is 0.329 e. The van der Waals surface area contributed by atoms with Gasteiger partial charge in [0.2, 0.25) is 0 Å². The second-order valence-electron chi connectivity index (χ2n) is 7.12. The Morgan fingerprint density at radius 3 is 2.71 bits per heavy atom. The van der Waals surface area contributed by atoms with Crippen LogP contribution in [0.3, 0.4) is 0 Å². The van der Waals surface area contributed by atoms with Gasteiger partial charge < -0.3 is 14.8 Å². The van der Waals surface area contributed by atoms with Crippen LogP contribution in [-0.2, 0) is 13.6 Å². The fraction of sp³-hybridized carbons (Fsp3) is 0.421. The number of imidazole rings is 1. The lowest BCUT2D eigenvalue weighted by Crippen LogP contribution is -2.49. The van der Waals surface area contributed by atoms with Crippen molar-refractivity contribution in [3.05, 3.63) is 56.9 Å². The maximum atomic E-state index is 13.3. The highest BCUT2D eigenvalue weighted by molar-refractivity contribution is 5.97. The Hall–Kier alpha value is -2.69. The number of amides is 1. The van der Waals surface area contributed by atoms with E-state index in [0.717, 1.165) is 12.2 Å². The Labute approximate surface area is 190 Å². The first-order valence-corrected chi connectivity index (χ1v) is 9.63. The van der Waals surface area contributed by atoms with Crippen LogP contribution in [0.4, 0.5) is 0 Å². The number of pyridine rings is 1. The van der Waals surface area contributed by atoms with Gasteiger partial charge in [-0.1, -0.05) is 6.92 Å². The van der Waals surface area contributed by atoms with Crippen LogP contribution in [-0.4, -0.2) is 54.5 Å². The van der Waals surface area contributed by atoms with Crippen molar-refractivity contribution in [3.63, 3.8) is 0 Å². The van der Waals surface area contributed by atoms with E-state index in [1.807, 2.05) is 24.7 Å². The molecule has 0 bridgehead atoms. The fourth-order valence-corrected chi connectivity index (χ4v) is 3.76. The minimum Gasteiger partial charge on any atom is -0.336 e. The van der Waals surface area contributed by atoms with Gasteiger partial charge in [0.15, 0.2) is 0 Å². The molecule has 3 aromatic heterocycles. The van der Waals surface area contributed by atoms with Crippen LogP contribution in [0.15, 0.2) is 34.2 Å². The molecule has 12 heteroatoms. The van der Waals surface area contributed by atoms with Gasteiger partial charge in [0, 0.05) is 51.8 Å². The summed E-state index contributed by atoms with van der Waals surface area (Å²) in [4.78, 5) is 50.5. The molecule has 0 saturated carbocycles. The number of aromatic nitrogens is 5. The SMILES string of the molecule is CCCn1c(=O)[nH]c(=O)c2cc(C(=O)N3CCNCC3c3nccn3C)cnc21.Cl.Cl. The lowest BCUT2D eigenvalue weighted by molar-refractivity contribution is 0.0620. The van der Waals surface area contributed by atoms with Crippen LogP contribution in [0.5, 0.6) is 0 Å². The molecule has 31 heavy (non-hydrogen) atoms. The average molecular weight is 470 g/mol. The third kappa shape index (κ3) is 4.51. The van der Waals surface area contributed by atoms with E-state index in [1.165, 1.54) is 16.8 Å². The van der Waals surface area contributed by atoms with Gasteiger partial charge >= 0.3 is 5.69 Å². The lowest BCUT2D eigenvalue weighted by Gasteiger charge is -2.35. The molecule has 1 unspecified atom stereocenters. The number of rotatable bonds is 4. The van der Waals surface area contributed by atoms with E-state index >= 15 is 0 Å². The van der Waals surface area contributed by atoms with E-state index in [2.05, 4.69) is 20.3 Å². The van der Waals surface area contributed by atoms with Crippen molar-refractivity contribution in [2.24, 2.45) is 7.05 Å². The average Bonchev–Trinajstić information content (AvgIpc) is 3.16. The normalized spacial score (nSPS) is 15.9. The smallest absolute Gasteiger partial charge is 0.329 e. The summed E-state index contributed by atoms with van der Waals surface area (Å²) in [7, 11) is 1.89. The molecule has 168 valence electrons. The molecule has 0 aromatic carbocycles. The van der Waals surface area contributed by atoms with E-state index in [4.69, 9.17) is 0 Å². The van der Waals surface area contributed by atoms with Crippen LogP contribution in [0.1, 0.15) is 35.6 Å². The molecular formula is C19H25Cl2N7O3. The van der Waals surface area contributed by atoms with Gasteiger partial charge in [-0.25, -0.2) is 14.8 Å². The molecule has 1 aliphatic rings. The molecule has 1 fully saturated rings. The van der Waals surface area contributed by atoms with Gasteiger partial charge in [-0.15, -0.1) is 24.8 Å². The van der Waals surface area contributed by atoms with Crippen molar-refractivity contribution in [1.82, 2.24) is 34.3 Å². The van der Waals surface area contributed by atoms with Gasteiger partial charge in [-0.2, -0.15) is 0 Å². The summed E-state index contributed by atoms with van der Waals surface area (Å²) >= 11 is 0. The summed E-state index contributed by atoms with van der Waals surface area (Å²) in [5, 5.41) is 3.53. The van der Waals surface area contributed by atoms with E-state index in [9.17, 15) is 14.4 Å². The van der Waals surface area contributed by atoms with Crippen molar-refractivity contribution < 1.29 is 4.79 Å². The molecule has 4 heterocycles. The van der Waals surface area contributed by atoms with Gasteiger partial charge in [-0.05, 0) is 12.5 Å². The molecule has 0 spiro atoms. The van der Waals surface area contributed by atoms with E-state index in [1.54, 1.807) is 11.1 Å². The first kappa shape index (κ1) is 24.6. The number of halogens is 2. The van der Waals surface area contributed by atoms with Crippen molar-refractivity contribution in [1.29, 1.82) is 0 Å². The summed E-state index contributed by atoms with van der Waals surface area (Å²) in [6.07, 6.45) is 5.70. The number of aromatic amines is 1. The number of hydrogen-bond acceptors (Lipinski definition) is 6. The number of nitrogens with zero attached hydrogens (tertiary/aromatic N) is 5. The highest BCUT2D eigenvalue weighted by Gasteiger charge is 2.31. The van der Waals surface area contributed by atoms with E-state index < -0.39 is 11.2 Å². The number of piperazine rings is 1. The summed E-state index contributed by atoms with van der Waals surface area (Å²) in [6.45, 7) is 4.15. The van der Waals surface area contributed by atoms with Crippen molar-refractivity contribution in [2.75, 3.05) is 19.6 Å². The van der Waals surface area contributed by atoms with Crippen LogP contribution in [0, 0.1) is 0 Å². The number of aryl methyl sites for hydroxylation is 2. The molecule has 10 nitrogen and oxygen atoms in total. The van der Waals surface area contributed by atoms with Gasteiger partial charge in [0.25, 0.3) is 11.5 Å². The highest BCUT2D eigenvalue weighted by Crippen LogP contribution is 2.23. The van der Waals surface area contributed by atoms with E-state index in [-0.39, 0.29) is 47.8 Å². The Morgan fingerprint density at radius 2 is 2.03 bits per heavy atom. The molecule has 2 N–H and O–H groups in total. The Morgan fingerprint density at radius 1 is 1.26 bits per heavy atom. The number of nitrogens with one attached hydrogen (secondary N) is 2. The minimum absolute atomic E-state index is 0. The second-order valence-corrected chi connectivity index (χ2v) is 7.12. The zero-order valence-electron chi connectivity index (χ0n) is 17.2. The van der Waals surface area contributed by atoms with Gasteiger partial charge in [0.05, 0.1) is 10.9 Å². The zero-order chi connectivity index (χ0) is 20.5. The van der Waals surface area contributed by atoms with Crippen molar-refractivity contribution >= 4 is 41.8 Å². The fourth-order valence-electron chi connectivity index (χ4n) is 3.76. The Bertz CT molecular complexity index is 1190. The largest absolute Gasteiger partial charge is 0.336 e. The molecule has 4 rings (SSSR count). The van der Waals surface area contributed by atoms with Gasteiger partial charge in [-0.3, -0.25) is 19.1 Å². The van der Waals surface area contributed by atoms with Crippen molar-refractivity contribution in [3.8, 4) is 0 Å².